The van der Waals surface area contributed by atoms with Gasteiger partial charge in [0.25, 0.3) is 0 Å². The number of halogens is 1. The van der Waals surface area contributed by atoms with Crippen LogP contribution in [0.15, 0.2) is 55.3 Å². The number of hydrogen-bond donors (Lipinski definition) is 1. The first-order chi connectivity index (χ1) is 10.7. The van der Waals surface area contributed by atoms with Crippen molar-refractivity contribution < 1.29 is 21.3 Å². The van der Waals surface area contributed by atoms with Gasteiger partial charge in [0.05, 0.1) is 16.3 Å². The van der Waals surface area contributed by atoms with Crippen LogP contribution < -0.4 is 4.72 Å². The Kier molecular flexibility index (Phi) is 5.31. The highest BCUT2D eigenvalue weighted by Gasteiger charge is 2.23. The van der Waals surface area contributed by atoms with Gasteiger partial charge in [0.1, 0.15) is 5.76 Å². The van der Waals surface area contributed by atoms with Gasteiger partial charge in [-0.15, -0.1) is 0 Å². The molecule has 1 N–H and O–H groups in total. The van der Waals surface area contributed by atoms with Crippen LogP contribution in [0.2, 0.25) is 0 Å². The molecule has 126 valence electrons. The molecule has 0 bridgehead atoms. The second-order valence-electron chi connectivity index (χ2n) is 4.65. The summed E-state index contributed by atoms with van der Waals surface area (Å²) in [6, 6.07) is 8.35. The largest absolute Gasteiger partial charge is 0.453 e. The van der Waals surface area contributed by atoms with Crippen LogP contribution in [-0.2, 0) is 26.6 Å². The molecule has 2 rings (SSSR count). The van der Waals surface area contributed by atoms with Gasteiger partial charge in [0.2, 0.25) is 20.0 Å². The highest BCUT2D eigenvalue weighted by atomic mass is 79.9. The third kappa shape index (κ3) is 4.01. The Hall–Kier alpha value is -1.20. The normalized spacial score (nSPS) is 12.7. The molecule has 1 aromatic heterocycles. The van der Waals surface area contributed by atoms with Crippen molar-refractivity contribution in [2.24, 2.45) is 0 Å². The Morgan fingerprint density at radius 3 is 2.09 bits per heavy atom. The number of benzene rings is 1. The number of nitrogens with one attached hydrogen (secondary N) is 1. The van der Waals surface area contributed by atoms with E-state index < -0.39 is 20.0 Å². The maximum atomic E-state index is 12.5. The average molecular weight is 423 g/mol. The van der Waals surface area contributed by atoms with E-state index in [0.29, 0.717) is 10.4 Å². The van der Waals surface area contributed by atoms with Crippen molar-refractivity contribution in [2.75, 3.05) is 14.1 Å². The third-order valence-corrected chi connectivity index (χ3v) is 6.79. The van der Waals surface area contributed by atoms with Crippen LogP contribution in [0.5, 0.6) is 0 Å². The molecule has 10 heteroatoms. The summed E-state index contributed by atoms with van der Waals surface area (Å²) in [6.07, 6.45) is 0. The maximum Gasteiger partial charge on any atom is 0.243 e. The number of rotatable bonds is 6. The van der Waals surface area contributed by atoms with Gasteiger partial charge in [-0.05, 0) is 59.4 Å². The van der Waals surface area contributed by atoms with Gasteiger partial charge in [-0.25, -0.2) is 21.6 Å². The van der Waals surface area contributed by atoms with Crippen molar-refractivity contribution in [3.8, 4) is 0 Å². The minimum atomic E-state index is -3.75. The Labute approximate surface area is 143 Å². The molecule has 0 unspecified atom stereocenters. The molecule has 0 saturated carbocycles. The molecule has 0 atom stereocenters. The first kappa shape index (κ1) is 18.1. The van der Waals surface area contributed by atoms with Crippen LogP contribution in [-0.4, -0.2) is 35.2 Å². The zero-order valence-electron chi connectivity index (χ0n) is 12.4. The summed E-state index contributed by atoms with van der Waals surface area (Å²) in [6.45, 7) is 0.0600. The molecular weight excluding hydrogens is 408 g/mol. The maximum absolute atomic E-state index is 12.5. The van der Waals surface area contributed by atoms with E-state index in [2.05, 4.69) is 20.7 Å². The molecule has 7 nitrogen and oxygen atoms in total. The lowest BCUT2D eigenvalue weighted by Gasteiger charge is -2.16. The fraction of sp³-hybridized carbons (Fsp3) is 0.231. The summed E-state index contributed by atoms with van der Waals surface area (Å²) >= 11 is 3.15. The van der Waals surface area contributed by atoms with Crippen molar-refractivity contribution in [1.82, 2.24) is 9.03 Å². The number of hydrogen-bond acceptors (Lipinski definition) is 5. The lowest BCUT2D eigenvalue weighted by atomic mass is 10.4. The van der Waals surface area contributed by atoms with Crippen LogP contribution >= 0.6 is 15.9 Å². The Bertz CT molecular complexity index is 889. The molecule has 2 aromatic rings. The summed E-state index contributed by atoms with van der Waals surface area (Å²) in [7, 11) is -4.65. The molecule has 0 saturated heterocycles. The average Bonchev–Trinajstić information content (AvgIpc) is 2.92. The fourth-order valence-electron chi connectivity index (χ4n) is 1.83. The third-order valence-electron chi connectivity index (χ3n) is 3.12. The number of furan rings is 1. The van der Waals surface area contributed by atoms with Crippen molar-refractivity contribution in [3.05, 3.63) is 46.8 Å². The molecular formula is C13H15BrN2O5S2. The molecule has 0 amide bonds. The fourth-order valence-corrected chi connectivity index (χ4v) is 4.04. The summed E-state index contributed by atoms with van der Waals surface area (Å²) in [5, 5.41) is 0. The SMILES string of the molecule is CNS(=O)(=O)c1ccc(S(=O)(=O)N(C)Cc2ccc(Br)o2)cc1. The van der Waals surface area contributed by atoms with Crippen molar-refractivity contribution in [2.45, 2.75) is 16.3 Å². The van der Waals surface area contributed by atoms with Crippen LogP contribution in [0.4, 0.5) is 0 Å². The topological polar surface area (TPSA) is 96.7 Å². The Morgan fingerprint density at radius 1 is 1.04 bits per heavy atom. The number of nitrogens with zero attached hydrogens (tertiary/aromatic N) is 1. The molecule has 1 aromatic carbocycles. The lowest BCUT2D eigenvalue weighted by molar-refractivity contribution is 0.398. The molecule has 0 aliphatic heterocycles. The molecule has 0 aliphatic rings. The van der Waals surface area contributed by atoms with E-state index >= 15 is 0 Å². The molecule has 0 radical (unpaired) electrons. The summed E-state index contributed by atoms with van der Waals surface area (Å²) < 4.78 is 57.4. The standard InChI is InChI=1S/C13H15BrN2O5S2/c1-15-22(17,18)11-4-6-12(7-5-11)23(19,20)16(2)9-10-3-8-13(14)21-10/h3-8,15H,9H2,1-2H3. The smallest absolute Gasteiger partial charge is 0.243 e. The van der Waals surface area contributed by atoms with Crippen LogP contribution in [0.25, 0.3) is 0 Å². The van der Waals surface area contributed by atoms with Gasteiger partial charge in [-0.1, -0.05) is 0 Å². The van der Waals surface area contributed by atoms with Crippen molar-refractivity contribution >= 4 is 36.0 Å². The van der Waals surface area contributed by atoms with Crippen LogP contribution in [0.3, 0.4) is 0 Å². The van der Waals surface area contributed by atoms with Crippen LogP contribution in [0, 0.1) is 0 Å². The van der Waals surface area contributed by atoms with E-state index in [-0.39, 0.29) is 16.3 Å². The zero-order chi connectivity index (χ0) is 17.3. The van der Waals surface area contributed by atoms with Gasteiger partial charge < -0.3 is 4.42 Å². The van der Waals surface area contributed by atoms with E-state index in [0.717, 1.165) is 4.31 Å². The molecule has 0 fully saturated rings. The summed E-state index contributed by atoms with van der Waals surface area (Å²) in [5.74, 6) is 0.484. The highest BCUT2D eigenvalue weighted by Crippen LogP contribution is 2.21. The first-order valence-electron chi connectivity index (χ1n) is 6.41. The van der Waals surface area contributed by atoms with E-state index in [1.54, 1.807) is 12.1 Å². The van der Waals surface area contributed by atoms with Gasteiger partial charge in [0.15, 0.2) is 4.67 Å². The molecule has 23 heavy (non-hydrogen) atoms. The van der Waals surface area contributed by atoms with E-state index in [1.807, 2.05) is 0 Å². The van der Waals surface area contributed by atoms with E-state index in [1.165, 1.54) is 38.4 Å². The summed E-state index contributed by atoms with van der Waals surface area (Å²) in [4.78, 5) is -0.00255. The quantitative estimate of drug-likeness (QED) is 0.764. The number of sulfonamides is 2. The van der Waals surface area contributed by atoms with Crippen molar-refractivity contribution in [3.63, 3.8) is 0 Å². The Morgan fingerprint density at radius 2 is 1.61 bits per heavy atom. The minimum absolute atomic E-state index is 0.000625. The Balaban J connectivity index is 2.25. The minimum Gasteiger partial charge on any atom is -0.453 e. The second-order valence-corrected chi connectivity index (χ2v) is 9.36. The highest BCUT2D eigenvalue weighted by molar-refractivity contribution is 9.10. The molecule has 0 spiro atoms. The zero-order valence-corrected chi connectivity index (χ0v) is 15.6. The summed E-state index contributed by atoms with van der Waals surface area (Å²) in [5.41, 5.74) is 0. The lowest BCUT2D eigenvalue weighted by Crippen LogP contribution is -2.26. The van der Waals surface area contributed by atoms with Gasteiger partial charge in [-0.2, -0.15) is 4.31 Å². The van der Waals surface area contributed by atoms with Crippen LogP contribution in [0.1, 0.15) is 5.76 Å². The van der Waals surface area contributed by atoms with Gasteiger partial charge >= 0.3 is 0 Å². The molecule has 1 heterocycles. The predicted molar refractivity (Wildman–Crippen MR) is 87.7 cm³/mol. The van der Waals surface area contributed by atoms with Gasteiger partial charge in [-0.3, -0.25) is 0 Å². The molecule has 0 aliphatic carbocycles. The van der Waals surface area contributed by atoms with Gasteiger partial charge in [0, 0.05) is 7.05 Å². The van der Waals surface area contributed by atoms with Crippen molar-refractivity contribution in [1.29, 1.82) is 0 Å². The van der Waals surface area contributed by atoms with E-state index in [4.69, 9.17) is 4.42 Å². The second kappa shape index (κ2) is 6.73. The monoisotopic (exact) mass is 422 g/mol. The first-order valence-corrected chi connectivity index (χ1v) is 10.1. The van der Waals surface area contributed by atoms with E-state index in [9.17, 15) is 16.8 Å². The predicted octanol–water partition coefficient (Wildman–Crippen LogP) is 1.77.